The zero-order valence-electron chi connectivity index (χ0n) is 19.4. The van der Waals surface area contributed by atoms with Crippen molar-refractivity contribution in [3.05, 3.63) is 29.8 Å². The average Bonchev–Trinajstić information content (AvgIpc) is 3.28. The summed E-state index contributed by atoms with van der Waals surface area (Å²) >= 11 is 0. The number of hydrogen-bond donors (Lipinski definition) is 3. The van der Waals surface area contributed by atoms with Gasteiger partial charge in [0.25, 0.3) is 0 Å². The second-order valence-corrected chi connectivity index (χ2v) is 7.81. The Hall–Kier alpha value is -1.55. The number of likely N-dealkylation sites (tertiary alicyclic amines) is 1. The molecule has 2 unspecified atom stereocenters. The van der Waals surface area contributed by atoms with E-state index in [1.54, 1.807) is 7.11 Å². The third kappa shape index (κ3) is 9.64. The molecule has 1 aromatic rings. The van der Waals surface area contributed by atoms with Gasteiger partial charge >= 0.3 is 0 Å². The number of guanidine groups is 1. The van der Waals surface area contributed by atoms with Crippen molar-refractivity contribution in [1.82, 2.24) is 20.9 Å². The molecule has 1 aliphatic rings. The van der Waals surface area contributed by atoms with Gasteiger partial charge in [0.15, 0.2) is 5.96 Å². The fraction of sp³-hybridized carbons (Fsp3) is 0.652. The molecule has 0 bridgehead atoms. The molecule has 31 heavy (non-hydrogen) atoms. The van der Waals surface area contributed by atoms with E-state index in [2.05, 4.69) is 39.9 Å². The van der Waals surface area contributed by atoms with Crippen molar-refractivity contribution in [2.45, 2.75) is 58.5 Å². The number of aliphatic imine (C=N–C) groups is 1. The number of hydrogen-bond acceptors (Lipinski definition) is 4. The minimum absolute atomic E-state index is 0. The Labute approximate surface area is 204 Å². The lowest BCUT2D eigenvalue weighted by Gasteiger charge is -2.27. The molecule has 8 heteroatoms. The highest BCUT2D eigenvalue weighted by Gasteiger charge is 2.23. The minimum Gasteiger partial charge on any atom is -0.497 e. The number of carbonyl (C=O) groups is 1. The first-order valence-corrected chi connectivity index (χ1v) is 11.3. The summed E-state index contributed by atoms with van der Waals surface area (Å²) in [6.45, 7) is 10.3. The summed E-state index contributed by atoms with van der Waals surface area (Å²) in [5, 5.41) is 9.59. The average molecular weight is 546 g/mol. The van der Waals surface area contributed by atoms with Gasteiger partial charge in [-0.15, -0.1) is 24.0 Å². The van der Waals surface area contributed by atoms with Crippen LogP contribution in [-0.4, -0.2) is 62.6 Å². The quantitative estimate of drug-likeness (QED) is 0.226. The Morgan fingerprint density at radius 2 is 1.97 bits per heavy atom. The fourth-order valence-electron chi connectivity index (χ4n) is 3.60. The number of nitrogens with one attached hydrogen (secondary N) is 3. The van der Waals surface area contributed by atoms with E-state index in [9.17, 15) is 4.79 Å². The maximum atomic E-state index is 12.0. The van der Waals surface area contributed by atoms with Crippen LogP contribution in [0.2, 0.25) is 0 Å². The van der Waals surface area contributed by atoms with Crippen LogP contribution in [0.4, 0.5) is 0 Å². The molecule has 0 radical (unpaired) electrons. The van der Waals surface area contributed by atoms with Gasteiger partial charge in [-0.3, -0.25) is 14.7 Å². The normalized spacial score (nSPS) is 16.2. The van der Waals surface area contributed by atoms with Gasteiger partial charge in [-0.1, -0.05) is 19.1 Å². The highest BCUT2D eigenvalue weighted by molar-refractivity contribution is 14.0. The van der Waals surface area contributed by atoms with Crippen LogP contribution in [0.1, 0.15) is 58.1 Å². The first kappa shape index (κ1) is 27.5. The SMILES string of the molecule is CCNC(=NCC(c1cccc(OC)c1)N1CCCC1)NCCC(=O)NC(C)CC.I. The molecule has 0 saturated carbocycles. The Morgan fingerprint density at radius 3 is 2.61 bits per heavy atom. The van der Waals surface area contributed by atoms with Crippen LogP contribution < -0.4 is 20.7 Å². The van der Waals surface area contributed by atoms with Crippen LogP contribution in [-0.2, 0) is 4.79 Å². The Bertz CT molecular complexity index is 680. The summed E-state index contributed by atoms with van der Waals surface area (Å²) < 4.78 is 5.43. The van der Waals surface area contributed by atoms with Crippen molar-refractivity contribution in [2.24, 2.45) is 4.99 Å². The highest BCUT2D eigenvalue weighted by Crippen LogP contribution is 2.27. The first-order valence-electron chi connectivity index (χ1n) is 11.3. The van der Waals surface area contributed by atoms with Crippen molar-refractivity contribution in [1.29, 1.82) is 0 Å². The van der Waals surface area contributed by atoms with Gasteiger partial charge in [-0.2, -0.15) is 0 Å². The third-order valence-electron chi connectivity index (χ3n) is 5.49. The second-order valence-electron chi connectivity index (χ2n) is 7.81. The third-order valence-corrected chi connectivity index (χ3v) is 5.49. The van der Waals surface area contributed by atoms with Gasteiger partial charge < -0.3 is 20.7 Å². The van der Waals surface area contributed by atoms with E-state index < -0.39 is 0 Å². The molecule has 176 valence electrons. The van der Waals surface area contributed by atoms with Gasteiger partial charge in [0.05, 0.1) is 19.7 Å². The van der Waals surface area contributed by atoms with Crippen molar-refractivity contribution in [3.8, 4) is 5.75 Å². The summed E-state index contributed by atoms with van der Waals surface area (Å²) in [6, 6.07) is 8.71. The Balaban J connectivity index is 0.00000480. The van der Waals surface area contributed by atoms with Crippen LogP contribution in [0.15, 0.2) is 29.3 Å². The molecule has 1 aliphatic heterocycles. The van der Waals surface area contributed by atoms with E-state index in [0.29, 0.717) is 19.5 Å². The zero-order chi connectivity index (χ0) is 21.8. The lowest BCUT2D eigenvalue weighted by Crippen LogP contribution is -2.41. The number of benzene rings is 1. The van der Waals surface area contributed by atoms with Crippen LogP contribution in [0.25, 0.3) is 0 Å². The molecule has 1 fully saturated rings. The van der Waals surface area contributed by atoms with E-state index >= 15 is 0 Å². The van der Waals surface area contributed by atoms with Crippen LogP contribution in [0.5, 0.6) is 5.75 Å². The molecule has 0 spiro atoms. The molecular weight excluding hydrogens is 505 g/mol. The van der Waals surface area contributed by atoms with Gasteiger partial charge in [0.2, 0.25) is 5.91 Å². The molecule has 1 amide bonds. The second kappa shape index (κ2) is 15.3. The topological polar surface area (TPSA) is 78.0 Å². The molecule has 2 atom stereocenters. The van der Waals surface area contributed by atoms with E-state index in [1.165, 1.54) is 18.4 Å². The van der Waals surface area contributed by atoms with E-state index in [-0.39, 0.29) is 42.0 Å². The van der Waals surface area contributed by atoms with Gasteiger partial charge in [-0.05, 0) is 63.9 Å². The Morgan fingerprint density at radius 1 is 1.23 bits per heavy atom. The summed E-state index contributed by atoms with van der Waals surface area (Å²) in [4.78, 5) is 19.4. The summed E-state index contributed by atoms with van der Waals surface area (Å²) in [5.41, 5.74) is 1.23. The number of carbonyl (C=O) groups excluding carboxylic acids is 1. The van der Waals surface area contributed by atoms with Crippen molar-refractivity contribution in [2.75, 3.05) is 39.8 Å². The van der Waals surface area contributed by atoms with Crippen LogP contribution in [0.3, 0.4) is 0 Å². The fourth-order valence-corrected chi connectivity index (χ4v) is 3.60. The molecule has 3 N–H and O–H groups in total. The number of halogens is 1. The summed E-state index contributed by atoms with van der Waals surface area (Å²) in [7, 11) is 1.70. The monoisotopic (exact) mass is 545 g/mol. The first-order chi connectivity index (χ1) is 14.6. The molecule has 0 aromatic heterocycles. The predicted octanol–water partition coefficient (Wildman–Crippen LogP) is 3.31. The smallest absolute Gasteiger partial charge is 0.221 e. The zero-order valence-corrected chi connectivity index (χ0v) is 21.8. The van der Waals surface area contributed by atoms with Crippen molar-refractivity contribution < 1.29 is 9.53 Å². The molecule has 1 aromatic carbocycles. The summed E-state index contributed by atoms with van der Waals surface area (Å²) in [6.07, 6.45) is 3.83. The van der Waals surface area contributed by atoms with E-state index in [4.69, 9.17) is 9.73 Å². The predicted molar refractivity (Wildman–Crippen MR) is 138 cm³/mol. The molecule has 1 saturated heterocycles. The number of rotatable bonds is 11. The van der Waals surface area contributed by atoms with E-state index in [1.807, 2.05) is 26.0 Å². The Kier molecular flexibility index (Phi) is 13.6. The molecular formula is C23H40IN5O2. The molecule has 0 aliphatic carbocycles. The van der Waals surface area contributed by atoms with Gasteiger partial charge in [0.1, 0.15) is 5.75 Å². The number of methoxy groups -OCH3 is 1. The largest absolute Gasteiger partial charge is 0.497 e. The van der Waals surface area contributed by atoms with Crippen molar-refractivity contribution >= 4 is 35.8 Å². The number of amides is 1. The lowest BCUT2D eigenvalue weighted by atomic mass is 10.1. The van der Waals surface area contributed by atoms with Gasteiger partial charge in [-0.25, -0.2) is 0 Å². The van der Waals surface area contributed by atoms with Crippen LogP contribution >= 0.6 is 24.0 Å². The van der Waals surface area contributed by atoms with Crippen LogP contribution in [0, 0.1) is 0 Å². The summed E-state index contributed by atoms with van der Waals surface area (Å²) in [5.74, 6) is 1.69. The standard InChI is InChI=1S/C23H39N5O2.HI/c1-5-18(3)27-22(29)12-13-25-23(24-6-2)26-17-21(28-14-7-8-15-28)19-10-9-11-20(16-19)30-4;/h9-11,16,18,21H,5-8,12-15,17H2,1-4H3,(H,27,29)(H2,24,25,26);1H. The molecule has 2 rings (SSSR count). The maximum Gasteiger partial charge on any atom is 0.221 e. The molecule has 7 nitrogen and oxygen atoms in total. The number of nitrogens with zero attached hydrogens (tertiary/aromatic N) is 2. The maximum absolute atomic E-state index is 12.0. The lowest BCUT2D eigenvalue weighted by molar-refractivity contribution is -0.121. The highest BCUT2D eigenvalue weighted by atomic mass is 127. The minimum atomic E-state index is 0. The van der Waals surface area contributed by atoms with Crippen molar-refractivity contribution in [3.63, 3.8) is 0 Å². The number of ether oxygens (including phenoxy) is 1. The van der Waals surface area contributed by atoms with Gasteiger partial charge in [0, 0.05) is 25.6 Å². The molecule has 1 heterocycles. The van der Waals surface area contributed by atoms with E-state index in [0.717, 1.165) is 37.8 Å².